The number of halogens is 1. The van der Waals surface area contributed by atoms with Crippen molar-refractivity contribution in [3.8, 4) is 0 Å². The van der Waals surface area contributed by atoms with E-state index in [0.717, 1.165) is 16.6 Å². The van der Waals surface area contributed by atoms with Gasteiger partial charge in [0.1, 0.15) is 6.04 Å². The number of hydrogen-bond donors (Lipinski definition) is 3. The molecule has 19 heavy (non-hydrogen) atoms. The number of carbonyl (C=O) groups excluding carboxylic acids is 1. The number of amides is 1. The lowest BCUT2D eigenvalue weighted by Gasteiger charge is -2.16. The number of anilines is 1. The summed E-state index contributed by atoms with van der Waals surface area (Å²) < 4.78 is 0.967. The number of rotatable bonds is 5. The zero-order chi connectivity index (χ0) is 14.3. The van der Waals surface area contributed by atoms with Gasteiger partial charge in [0.2, 0.25) is 5.91 Å². The molecule has 104 valence electrons. The summed E-state index contributed by atoms with van der Waals surface area (Å²) in [5, 5.41) is 9.23. The molecule has 0 aliphatic heterocycles. The summed E-state index contributed by atoms with van der Waals surface area (Å²) in [4.78, 5) is 11.7. The lowest BCUT2D eigenvalue weighted by atomic mass is 10.3. The Hall–Kier alpha value is -1.14. The fourth-order valence-electron chi connectivity index (χ4n) is 1.40. The number of hydrogen-bond acceptors (Lipinski definition) is 2. The highest BCUT2D eigenvalue weighted by atomic mass is 79.9. The maximum absolute atomic E-state index is 11.7. The van der Waals surface area contributed by atoms with Gasteiger partial charge in [-0.05, 0) is 43.8 Å². The van der Waals surface area contributed by atoms with Crippen molar-refractivity contribution in [2.45, 2.75) is 26.3 Å². The van der Waals surface area contributed by atoms with Crippen molar-refractivity contribution in [3.63, 3.8) is 0 Å². The first-order valence-corrected chi connectivity index (χ1v) is 7.34. The standard InChI is InChI=1S/C13H18BrN3OS/c1-3-7-15-12(18)9(2)16-13(19)17-11-6-4-5-10(14)8-11/h4-6,8-9H,3,7H2,1-2H3,(H,15,18)(H2,16,17,19)/t9-/m1/s1. The quantitative estimate of drug-likeness (QED) is 0.719. The highest BCUT2D eigenvalue weighted by Gasteiger charge is 2.12. The summed E-state index contributed by atoms with van der Waals surface area (Å²) in [6.07, 6.45) is 0.916. The molecule has 6 heteroatoms. The summed E-state index contributed by atoms with van der Waals surface area (Å²) in [6, 6.07) is 7.30. The molecule has 0 bridgehead atoms. The first-order valence-electron chi connectivity index (χ1n) is 6.13. The van der Waals surface area contributed by atoms with Gasteiger partial charge in [0, 0.05) is 16.7 Å². The minimum atomic E-state index is -0.362. The normalized spacial score (nSPS) is 11.5. The number of carbonyl (C=O) groups is 1. The molecular formula is C13H18BrN3OS. The smallest absolute Gasteiger partial charge is 0.242 e. The highest BCUT2D eigenvalue weighted by molar-refractivity contribution is 9.10. The fraction of sp³-hybridized carbons (Fsp3) is 0.385. The summed E-state index contributed by atoms with van der Waals surface area (Å²) in [5.41, 5.74) is 0.869. The molecule has 3 N–H and O–H groups in total. The molecule has 0 aromatic heterocycles. The first-order chi connectivity index (χ1) is 9.02. The predicted molar refractivity (Wildman–Crippen MR) is 86.3 cm³/mol. The Morgan fingerprint density at radius 1 is 1.47 bits per heavy atom. The average Bonchev–Trinajstić information content (AvgIpc) is 2.35. The minimum Gasteiger partial charge on any atom is -0.354 e. The Morgan fingerprint density at radius 3 is 2.84 bits per heavy atom. The van der Waals surface area contributed by atoms with Crippen LogP contribution in [-0.2, 0) is 4.79 Å². The molecule has 1 aromatic carbocycles. The van der Waals surface area contributed by atoms with Crippen molar-refractivity contribution >= 4 is 44.9 Å². The molecule has 1 amide bonds. The van der Waals surface area contributed by atoms with Crippen molar-refractivity contribution < 1.29 is 4.79 Å². The number of thiocarbonyl (C=S) groups is 1. The van der Waals surface area contributed by atoms with Gasteiger partial charge in [0.15, 0.2) is 5.11 Å². The second-order valence-corrected chi connectivity index (χ2v) is 5.45. The largest absolute Gasteiger partial charge is 0.354 e. The van der Waals surface area contributed by atoms with Crippen LogP contribution >= 0.6 is 28.1 Å². The van der Waals surface area contributed by atoms with E-state index in [1.807, 2.05) is 31.2 Å². The molecule has 1 rings (SSSR count). The van der Waals surface area contributed by atoms with Crippen molar-refractivity contribution in [2.24, 2.45) is 0 Å². The molecule has 0 aliphatic carbocycles. The van der Waals surface area contributed by atoms with Gasteiger partial charge in [-0.3, -0.25) is 4.79 Å². The molecule has 0 spiro atoms. The third-order valence-corrected chi connectivity index (χ3v) is 3.09. The second-order valence-electron chi connectivity index (χ2n) is 4.12. The van der Waals surface area contributed by atoms with Crippen LogP contribution in [0.5, 0.6) is 0 Å². The molecule has 4 nitrogen and oxygen atoms in total. The van der Waals surface area contributed by atoms with Crippen molar-refractivity contribution in [1.29, 1.82) is 0 Å². The van der Waals surface area contributed by atoms with Crippen LogP contribution in [0, 0.1) is 0 Å². The van der Waals surface area contributed by atoms with E-state index in [9.17, 15) is 4.79 Å². The third-order valence-electron chi connectivity index (χ3n) is 2.37. The molecule has 1 aromatic rings. The van der Waals surface area contributed by atoms with Crippen LogP contribution in [0.4, 0.5) is 5.69 Å². The lowest BCUT2D eigenvalue weighted by molar-refractivity contribution is -0.122. The van der Waals surface area contributed by atoms with Crippen molar-refractivity contribution in [1.82, 2.24) is 10.6 Å². The summed E-state index contributed by atoms with van der Waals surface area (Å²) in [5.74, 6) is -0.0553. The van der Waals surface area contributed by atoms with Crippen molar-refractivity contribution in [3.05, 3.63) is 28.7 Å². The Morgan fingerprint density at radius 2 is 2.21 bits per heavy atom. The second kappa shape index (κ2) is 8.12. The lowest BCUT2D eigenvalue weighted by Crippen LogP contribution is -2.46. The van der Waals surface area contributed by atoms with E-state index < -0.39 is 0 Å². The van der Waals surface area contributed by atoms with E-state index in [1.165, 1.54) is 0 Å². The maximum Gasteiger partial charge on any atom is 0.242 e. The first kappa shape index (κ1) is 15.9. The highest BCUT2D eigenvalue weighted by Crippen LogP contribution is 2.15. The van der Waals surface area contributed by atoms with E-state index in [2.05, 4.69) is 31.9 Å². The molecule has 0 heterocycles. The summed E-state index contributed by atoms with van der Waals surface area (Å²) in [7, 11) is 0. The van der Waals surface area contributed by atoms with E-state index >= 15 is 0 Å². The molecule has 1 atom stereocenters. The van der Waals surface area contributed by atoms with Gasteiger partial charge >= 0.3 is 0 Å². The van der Waals surface area contributed by atoms with Crippen molar-refractivity contribution in [2.75, 3.05) is 11.9 Å². The molecule has 0 unspecified atom stereocenters. The number of benzene rings is 1. The SMILES string of the molecule is CCCNC(=O)[C@@H](C)NC(=S)Nc1cccc(Br)c1. The molecule has 0 saturated carbocycles. The van der Waals surface area contributed by atoms with Crippen LogP contribution < -0.4 is 16.0 Å². The Bertz CT molecular complexity index is 453. The Labute approximate surface area is 127 Å². The van der Waals surface area contributed by atoms with Gasteiger partial charge in [-0.2, -0.15) is 0 Å². The Balaban J connectivity index is 2.44. The summed E-state index contributed by atoms with van der Waals surface area (Å²) >= 11 is 8.56. The monoisotopic (exact) mass is 343 g/mol. The van der Waals surface area contributed by atoms with E-state index in [4.69, 9.17) is 12.2 Å². The van der Waals surface area contributed by atoms with Crippen LogP contribution in [0.15, 0.2) is 28.7 Å². The summed E-state index contributed by atoms with van der Waals surface area (Å²) in [6.45, 7) is 4.47. The zero-order valence-corrected chi connectivity index (χ0v) is 13.4. The van der Waals surface area contributed by atoms with Gasteiger partial charge in [-0.15, -0.1) is 0 Å². The van der Waals surface area contributed by atoms with Crippen LogP contribution in [0.25, 0.3) is 0 Å². The van der Waals surface area contributed by atoms with Crippen LogP contribution in [0.1, 0.15) is 20.3 Å². The van der Waals surface area contributed by atoms with Gasteiger partial charge in [-0.25, -0.2) is 0 Å². The molecule has 0 aliphatic rings. The van der Waals surface area contributed by atoms with E-state index in [0.29, 0.717) is 11.7 Å². The van der Waals surface area contributed by atoms with E-state index in [1.54, 1.807) is 6.92 Å². The third kappa shape index (κ3) is 6.02. The Kier molecular flexibility index (Phi) is 6.80. The predicted octanol–water partition coefficient (Wildman–Crippen LogP) is 2.65. The van der Waals surface area contributed by atoms with Gasteiger partial charge < -0.3 is 16.0 Å². The fourth-order valence-corrected chi connectivity index (χ4v) is 2.09. The van der Waals surface area contributed by atoms with Crippen LogP contribution in [0.3, 0.4) is 0 Å². The average molecular weight is 344 g/mol. The van der Waals surface area contributed by atoms with Crippen LogP contribution in [0.2, 0.25) is 0 Å². The van der Waals surface area contributed by atoms with Gasteiger partial charge in [0.25, 0.3) is 0 Å². The molecular weight excluding hydrogens is 326 g/mol. The number of nitrogens with one attached hydrogen (secondary N) is 3. The molecule has 0 saturated heterocycles. The minimum absolute atomic E-state index is 0.0553. The zero-order valence-electron chi connectivity index (χ0n) is 11.0. The van der Waals surface area contributed by atoms with E-state index in [-0.39, 0.29) is 11.9 Å². The molecule has 0 fully saturated rings. The topological polar surface area (TPSA) is 53.2 Å². The molecule has 0 radical (unpaired) electrons. The van der Waals surface area contributed by atoms with Gasteiger partial charge in [0.05, 0.1) is 0 Å². The van der Waals surface area contributed by atoms with Gasteiger partial charge in [-0.1, -0.05) is 28.9 Å². The van der Waals surface area contributed by atoms with Crippen LogP contribution in [-0.4, -0.2) is 23.6 Å². The maximum atomic E-state index is 11.7.